The van der Waals surface area contributed by atoms with Crippen LogP contribution in [0.15, 0.2) is 72.8 Å². The summed E-state index contributed by atoms with van der Waals surface area (Å²) in [7, 11) is 1.66. The first kappa shape index (κ1) is 24.3. The van der Waals surface area contributed by atoms with E-state index in [4.69, 9.17) is 15.2 Å². The molecule has 0 aromatic heterocycles. The quantitative estimate of drug-likeness (QED) is 0.465. The van der Waals surface area contributed by atoms with E-state index in [0.717, 1.165) is 30.0 Å². The summed E-state index contributed by atoms with van der Waals surface area (Å²) in [5.74, 6) is 0.554. The second kappa shape index (κ2) is 11.5. The van der Waals surface area contributed by atoms with Crippen LogP contribution < -0.4 is 20.5 Å². The lowest BCUT2D eigenvalue weighted by Gasteiger charge is -2.28. The number of amides is 2. The van der Waals surface area contributed by atoms with Crippen molar-refractivity contribution in [2.24, 2.45) is 5.73 Å². The number of hydrogen-bond donors (Lipinski definition) is 2. The number of carbonyl (C=O) groups is 2. The zero-order valence-corrected chi connectivity index (χ0v) is 19.9. The second-order valence-corrected chi connectivity index (χ2v) is 8.59. The highest BCUT2D eigenvalue weighted by Gasteiger charge is 2.24. The number of carbonyl (C=O) groups excluding carboxylic acids is 2. The molecule has 0 spiro atoms. The van der Waals surface area contributed by atoms with E-state index in [1.807, 2.05) is 24.3 Å². The Balaban J connectivity index is 1.41. The van der Waals surface area contributed by atoms with Gasteiger partial charge in [0.25, 0.3) is 11.8 Å². The SMILES string of the molecule is COc1ccc(C(CNC(=O)c2cccc(COc3ccccc3C(N)=O)c2)N2CCCC2)cc1. The lowest BCUT2D eigenvalue weighted by atomic mass is 10.0. The number of para-hydroxylation sites is 1. The molecule has 3 aromatic carbocycles. The van der Waals surface area contributed by atoms with Crippen molar-refractivity contribution in [3.8, 4) is 11.5 Å². The minimum atomic E-state index is -0.543. The lowest BCUT2D eigenvalue weighted by molar-refractivity contribution is 0.0936. The maximum Gasteiger partial charge on any atom is 0.252 e. The van der Waals surface area contributed by atoms with Gasteiger partial charge in [0.1, 0.15) is 18.1 Å². The molecule has 1 heterocycles. The molecule has 2 amide bonds. The second-order valence-electron chi connectivity index (χ2n) is 8.59. The largest absolute Gasteiger partial charge is 0.497 e. The number of rotatable bonds is 10. The van der Waals surface area contributed by atoms with E-state index in [2.05, 4.69) is 22.3 Å². The lowest BCUT2D eigenvalue weighted by Crippen LogP contribution is -2.36. The standard InChI is InChI=1S/C28H31N3O4/c1-34-23-13-11-21(12-14-23)25(31-15-4-5-16-31)18-30-28(33)22-8-6-7-20(17-22)19-35-26-10-3-2-9-24(26)27(29)32/h2-3,6-14,17,25H,4-5,15-16,18-19H2,1H3,(H2,29,32)(H,30,33). The van der Waals surface area contributed by atoms with Gasteiger partial charge in [-0.3, -0.25) is 14.5 Å². The average Bonchev–Trinajstić information content (AvgIpc) is 3.43. The van der Waals surface area contributed by atoms with E-state index < -0.39 is 5.91 Å². The highest BCUT2D eigenvalue weighted by atomic mass is 16.5. The molecule has 4 rings (SSSR count). The Morgan fingerprint density at radius 3 is 2.46 bits per heavy atom. The van der Waals surface area contributed by atoms with Crippen molar-refractivity contribution in [2.75, 3.05) is 26.7 Å². The highest BCUT2D eigenvalue weighted by Crippen LogP contribution is 2.26. The van der Waals surface area contributed by atoms with Crippen LogP contribution >= 0.6 is 0 Å². The van der Waals surface area contributed by atoms with Crippen molar-refractivity contribution in [2.45, 2.75) is 25.5 Å². The van der Waals surface area contributed by atoms with Gasteiger partial charge in [-0.2, -0.15) is 0 Å². The van der Waals surface area contributed by atoms with Crippen molar-refractivity contribution >= 4 is 11.8 Å². The summed E-state index contributed by atoms with van der Waals surface area (Å²) in [6.07, 6.45) is 2.34. The molecule has 1 unspecified atom stereocenters. The van der Waals surface area contributed by atoms with E-state index in [-0.39, 0.29) is 18.6 Å². The van der Waals surface area contributed by atoms with Gasteiger partial charge >= 0.3 is 0 Å². The minimum Gasteiger partial charge on any atom is -0.497 e. The Morgan fingerprint density at radius 1 is 1.00 bits per heavy atom. The summed E-state index contributed by atoms with van der Waals surface area (Å²) in [6.45, 7) is 2.77. The van der Waals surface area contributed by atoms with Crippen molar-refractivity contribution in [3.63, 3.8) is 0 Å². The number of nitrogens with two attached hydrogens (primary N) is 1. The molecule has 7 nitrogen and oxygen atoms in total. The molecular weight excluding hydrogens is 442 g/mol. The number of primary amides is 1. The van der Waals surface area contributed by atoms with Crippen LogP contribution in [0.3, 0.4) is 0 Å². The molecule has 0 aliphatic carbocycles. The first-order valence-electron chi connectivity index (χ1n) is 11.8. The molecule has 3 aromatic rings. The van der Waals surface area contributed by atoms with E-state index in [9.17, 15) is 9.59 Å². The smallest absolute Gasteiger partial charge is 0.252 e. The number of nitrogens with one attached hydrogen (secondary N) is 1. The zero-order chi connectivity index (χ0) is 24.6. The van der Waals surface area contributed by atoms with Gasteiger partial charge in [0.2, 0.25) is 0 Å². The average molecular weight is 474 g/mol. The van der Waals surface area contributed by atoms with Gasteiger partial charge in [-0.15, -0.1) is 0 Å². The molecule has 0 bridgehead atoms. The van der Waals surface area contributed by atoms with Crippen LogP contribution in [-0.2, 0) is 6.61 Å². The Labute approximate surface area is 205 Å². The third-order valence-corrected chi connectivity index (χ3v) is 6.27. The molecule has 7 heteroatoms. The van der Waals surface area contributed by atoms with Crippen LogP contribution in [0.25, 0.3) is 0 Å². The van der Waals surface area contributed by atoms with Gasteiger partial charge in [0.05, 0.1) is 18.7 Å². The molecule has 1 aliphatic rings. The third-order valence-electron chi connectivity index (χ3n) is 6.27. The fourth-order valence-corrected chi connectivity index (χ4v) is 4.39. The first-order chi connectivity index (χ1) is 17.0. The van der Waals surface area contributed by atoms with E-state index in [1.54, 1.807) is 43.5 Å². The van der Waals surface area contributed by atoms with Crippen molar-refractivity contribution in [3.05, 3.63) is 95.1 Å². The van der Waals surface area contributed by atoms with Gasteiger partial charge in [-0.05, 0) is 73.5 Å². The van der Waals surface area contributed by atoms with Crippen molar-refractivity contribution in [1.29, 1.82) is 0 Å². The summed E-state index contributed by atoms with van der Waals surface area (Å²) in [5, 5.41) is 3.11. The highest BCUT2D eigenvalue weighted by molar-refractivity contribution is 5.95. The third kappa shape index (κ3) is 6.19. The fourth-order valence-electron chi connectivity index (χ4n) is 4.39. The number of ether oxygens (including phenoxy) is 2. The molecule has 3 N–H and O–H groups in total. The molecule has 1 saturated heterocycles. The number of likely N-dealkylation sites (tertiary alicyclic amines) is 1. The van der Waals surface area contributed by atoms with Crippen LogP contribution in [-0.4, -0.2) is 43.5 Å². The zero-order valence-electron chi connectivity index (χ0n) is 19.9. The summed E-state index contributed by atoms with van der Waals surface area (Å²) in [5.41, 5.74) is 8.29. The summed E-state index contributed by atoms with van der Waals surface area (Å²) >= 11 is 0. The fraction of sp³-hybridized carbons (Fsp3) is 0.286. The summed E-state index contributed by atoms with van der Waals surface area (Å²) in [4.78, 5) is 27.0. The molecule has 0 radical (unpaired) electrons. The summed E-state index contributed by atoms with van der Waals surface area (Å²) < 4.78 is 11.1. The number of hydrogen-bond acceptors (Lipinski definition) is 5. The normalized spacial score (nSPS) is 14.3. The Bertz CT molecular complexity index is 1160. The van der Waals surface area contributed by atoms with Crippen LogP contribution in [0.5, 0.6) is 11.5 Å². The number of nitrogens with zero attached hydrogens (tertiary/aromatic N) is 1. The number of benzene rings is 3. The van der Waals surface area contributed by atoms with Gasteiger partial charge in [0.15, 0.2) is 0 Å². The van der Waals surface area contributed by atoms with Crippen LogP contribution in [0.4, 0.5) is 0 Å². The van der Waals surface area contributed by atoms with E-state index in [0.29, 0.717) is 23.4 Å². The number of methoxy groups -OCH3 is 1. The van der Waals surface area contributed by atoms with E-state index in [1.165, 1.54) is 12.8 Å². The van der Waals surface area contributed by atoms with Crippen LogP contribution in [0, 0.1) is 0 Å². The Kier molecular flexibility index (Phi) is 8.00. The molecule has 1 aliphatic heterocycles. The van der Waals surface area contributed by atoms with Crippen LogP contribution in [0.1, 0.15) is 50.7 Å². The van der Waals surface area contributed by atoms with Gasteiger partial charge in [-0.25, -0.2) is 0 Å². The molecule has 1 atom stereocenters. The molecule has 1 fully saturated rings. The van der Waals surface area contributed by atoms with Gasteiger partial charge in [-0.1, -0.05) is 36.4 Å². The van der Waals surface area contributed by atoms with E-state index >= 15 is 0 Å². The predicted octanol–water partition coefficient (Wildman–Crippen LogP) is 3.94. The maximum absolute atomic E-state index is 13.0. The molecule has 35 heavy (non-hydrogen) atoms. The summed E-state index contributed by atoms with van der Waals surface area (Å²) in [6, 6.07) is 22.3. The Morgan fingerprint density at radius 2 is 1.74 bits per heavy atom. The first-order valence-corrected chi connectivity index (χ1v) is 11.8. The molecule has 0 saturated carbocycles. The van der Waals surface area contributed by atoms with Gasteiger partial charge < -0.3 is 20.5 Å². The van der Waals surface area contributed by atoms with Gasteiger partial charge in [0, 0.05) is 12.1 Å². The van der Waals surface area contributed by atoms with Crippen molar-refractivity contribution < 1.29 is 19.1 Å². The molecule has 182 valence electrons. The monoisotopic (exact) mass is 473 g/mol. The topological polar surface area (TPSA) is 93.9 Å². The predicted molar refractivity (Wildman–Crippen MR) is 135 cm³/mol. The molecular formula is C28H31N3O4. The van der Waals surface area contributed by atoms with Crippen molar-refractivity contribution in [1.82, 2.24) is 10.2 Å². The minimum absolute atomic E-state index is 0.101. The Hall–Kier alpha value is -3.84. The van der Waals surface area contributed by atoms with Crippen LogP contribution in [0.2, 0.25) is 0 Å². The maximum atomic E-state index is 13.0.